The maximum absolute atomic E-state index is 13.0. The molecule has 2 atom stereocenters. The van der Waals surface area contributed by atoms with Crippen LogP contribution in [-0.2, 0) is 11.3 Å². The first-order valence-corrected chi connectivity index (χ1v) is 11.0. The third-order valence-corrected chi connectivity index (χ3v) is 5.85. The van der Waals surface area contributed by atoms with Gasteiger partial charge in [-0.05, 0) is 42.7 Å². The SMILES string of the molecule is O=C(CCCl)N(c1ccc(Cl)cc1)C1CCCCCC1NCc1ccccc1. The van der Waals surface area contributed by atoms with Gasteiger partial charge in [0.25, 0.3) is 0 Å². The Balaban J connectivity index is 1.84. The Bertz CT molecular complexity index is 736. The molecule has 1 aliphatic rings. The van der Waals surface area contributed by atoms with E-state index in [0.717, 1.165) is 31.5 Å². The first-order chi connectivity index (χ1) is 13.7. The van der Waals surface area contributed by atoms with E-state index in [1.807, 2.05) is 35.2 Å². The fourth-order valence-corrected chi connectivity index (χ4v) is 4.29. The first kappa shape index (κ1) is 21.2. The van der Waals surface area contributed by atoms with E-state index >= 15 is 0 Å². The fraction of sp³-hybridized carbons (Fsp3) is 0.435. The van der Waals surface area contributed by atoms with Gasteiger partial charge in [-0.1, -0.05) is 61.2 Å². The molecule has 2 aromatic carbocycles. The Hall–Kier alpha value is -1.55. The summed E-state index contributed by atoms with van der Waals surface area (Å²) in [5.74, 6) is 0.410. The maximum atomic E-state index is 13.0. The molecule has 28 heavy (non-hydrogen) atoms. The highest BCUT2D eigenvalue weighted by molar-refractivity contribution is 6.30. The maximum Gasteiger partial charge on any atom is 0.228 e. The van der Waals surface area contributed by atoms with Crippen LogP contribution >= 0.6 is 23.2 Å². The molecule has 1 N–H and O–H groups in total. The van der Waals surface area contributed by atoms with Gasteiger partial charge in [0, 0.05) is 35.6 Å². The van der Waals surface area contributed by atoms with Crippen LogP contribution in [-0.4, -0.2) is 23.9 Å². The van der Waals surface area contributed by atoms with Gasteiger partial charge in [-0.15, -0.1) is 11.6 Å². The summed E-state index contributed by atoms with van der Waals surface area (Å²) in [7, 11) is 0. The zero-order valence-corrected chi connectivity index (χ0v) is 17.6. The predicted octanol–water partition coefficient (Wildman–Crippen LogP) is 5.79. The third kappa shape index (κ3) is 5.73. The summed E-state index contributed by atoms with van der Waals surface area (Å²) in [6, 6.07) is 18.4. The van der Waals surface area contributed by atoms with Gasteiger partial charge < -0.3 is 10.2 Å². The van der Waals surface area contributed by atoms with Crippen molar-refractivity contribution in [2.45, 2.75) is 57.2 Å². The molecule has 0 spiro atoms. The number of carbonyl (C=O) groups is 1. The minimum atomic E-state index is 0.0794. The number of nitrogens with zero attached hydrogens (tertiary/aromatic N) is 1. The number of alkyl halides is 1. The summed E-state index contributed by atoms with van der Waals surface area (Å²) in [4.78, 5) is 15.0. The Morgan fingerprint density at radius 3 is 2.43 bits per heavy atom. The summed E-state index contributed by atoms with van der Waals surface area (Å²) in [6.45, 7) is 0.806. The minimum absolute atomic E-state index is 0.0794. The molecule has 0 aromatic heterocycles. The highest BCUT2D eigenvalue weighted by Gasteiger charge is 2.32. The summed E-state index contributed by atoms with van der Waals surface area (Å²) in [5.41, 5.74) is 2.16. The van der Waals surface area contributed by atoms with Crippen molar-refractivity contribution in [2.75, 3.05) is 10.8 Å². The van der Waals surface area contributed by atoms with E-state index in [0.29, 0.717) is 17.3 Å². The second-order valence-corrected chi connectivity index (χ2v) is 8.17. The Kier molecular flexibility index (Phi) is 8.20. The van der Waals surface area contributed by atoms with Gasteiger partial charge in [-0.2, -0.15) is 0 Å². The highest BCUT2D eigenvalue weighted by atomic mass is 35.5. The summed E-state index contributed by atoms with van der Waals surface area (Å²) < 4.78 is 0. The van der Waals surface area contributed by atoms with Crippen LogP contribution in [0, 0.1) is 0 Å². The molecule has 0 bridgehead atoms. The number of carbonyl (C=O) groups excluding carboxylic acids is 1. The normalized spacial score (nSPS) is 19.8. The average Bonchev–Trinajstić information content (AvgIpc) is 2.95. The number of anilines is 1. The molecule has 3 rings (SSSR count). The van der Waals surface area contributed by atoms with Crippen LogP contribution in [0.5, 0.6) is 0 Å². The van der Waals surface area contributed by atoms with Crippen LogP contribution in [0.1, 0.15) is 44.1 Å². The van der Waals surface area contributed by atoms with Crippen LogP contribution < -0.4 is 10.2 Å². The van der Waals surface area contributed by atoms with Gasteiger partial charge in [0.1, 0.15) is 0 Å². The van der Waals surface area contributed by atoms with E-state index in [4.69, 9.17) is 23.2 Å². The van der Waals surface area contributed by atoms with E-state index in [1.165, 1.54) is 18.4 Å². The van der Waals surface area contributed by atoms with Crippen LogP contribution in [0.3, 0.4) is 0 Å². The zero-order chi connectivity index (χ0) is 19.8. The lowest BCUT2D eigenvalue weighted by Gasteiger charge is -2.37. The van der Waals surface area contributed by atoms with E-state index in [2.05, 4.69) is 29.6 Å². The molecule has 1 fully saturated rings. The molecule has 150 valence electrons. The van der Waals surface area contributed by atoms with Crippen LogP contribution in [0.25, 0.3) is 0 Å². The number of amides is 1. The van der Waals surface area contributed by atoms with Crippen LogP contribution in [0.4, 0.5) is 5.69 Å². The lowest BCUT2D eigenvalue weighted by molar-refractivity contribution is -0.118. The summed E-state index contributed by atoms with van der Waals surface area (Å²) in [6.07, 6.45) is 5.91. The van der Waals surface area contributed by atoms with E-state index in [9.17, 15) is 4.79 Å². The number of halogens is 2. The summed E-state index contributed by atoms with van der Waals surface area (Å²) >= 11 is 12.0. The number of nitrogens with one attached hydrogen (secondary N) is 1. The van der Waals surface area contributed by atoms with Crippen molar-refractivity contribution in [2.24, 2.45) is 0 Å². The molecular formula is C23H28Cl2N2O. The zero-order valence-electron chi connectivity index (χ0n) is 16.1. The van der Waals surface area contributed by atoms with Crippen LogP contribution in [0.15, 0.2) is 54.6 Å². The standard InChI is InChI=1S/C23H28Cl2N2O/c24-16-15-23(28)27(20-13-11-19(25)12-14-20)22-10-6-2-5-9-21(22)26-17-18-7-3-1-4-8-18/h1,3-4,7-8,11-14,21-22,26H,2,5-6,9-10,15-17H2. The number of hydrogen-bond acceptors (Lipinski definition) is 2. The molecule has 0 radical (unpaired) electrons. The molecule has 2 unspecified atom stereocenters. The van der Waals surface area contributed by atoms with Crippen molar-refractivity contribution in [3.8, 4) is 0 Å². The van der Waals surface area contributed by atoms with E-state index < -0.39 is 0 Å². The van der Waals surface area contributed by atoms with E-state index in [1.54, 1.807) is 0 Å². The quantitative estimate of drug-likeness (QED) is 0.455. The third-order valence-electron chi connectivity index (χ3n) is 5.40. The molecule has 0 aliphatic heterocycles. The molecule has 3 nitrogen and oxygen atoms in total. The van der Waals surface area contributed by atoms with Crippen LogP contribution in [0.2, 0.25) is 5.02 Å². The first-order valence-electron chi connectivity index (χ1n) is 10.1. The number of benzene rings is 2. The topological polar surface area (TPSA) is 32.3 Å². The van der Waals surface area contributed by atoms with Crippen molar-refractivity contribution in [1.82, 2.24) is 5.32 Å². The van der Waals surface area contributed by atoms with Crippen molar-refractivity contribution >= 4 is 34.8 Å². The average molecular weight is 419 g/mol. The van der Waals surface area contributed by atoms with Crippen molar-refractivity contribution in [3.05, 3.63) is 65.2 Å². The smallest absolute Gasteiger partial charge is 0.228 e. The van der Waals surface area contributed by atoms with E-state index in [-0.39, 0.29) is 18.0 Å². The molecule has 5 heteroatoms. The van der Waals surface area contributed by atoms with Crippen molar-refractivity contribution in [1.29, 1.82) is 0 Å². The second-order valence-electron chi connectivity index (χ2n) is 7.36. The number of rotatable bonds is 7. The molecule has 0 heterocycles. The molecule has 1 saturated carbocycles. The Morgan fingerprint density at radius 2 is 1.71 bits per heavy atom. The predicted molar refractivity (Wildman–Crippen MR) is 118 cm³/mol. The lowest BCUT2D eigenvalue weighted by atomic mass is 9.99. The molecular weight excluding hydrogens is 391 g/mol. The van der Waals surface area contributed by atoms with Gasteiger partial charge in [-0.3, -0.25) is 4.79 Å². The molecule has 1 amide bonds. The van der Waals surface area contributed by atoms with Crippen molar-refractivity contribution in [3.63, 3.8) is 0 Å². The molecule has 2 aromatic rings. The largest absolute Gasteiger partial charge is 0.308 e. The second kappa shape index (κ2) is 10.8. The Morgan fingerprint density at radius 1 is 1.00 bits per heavy atom. The van der Waals surface area contributed by atoms with Gasteiger partial charge in [0.15, 0.2) is 0 Å². The molecule has 0 saturated heterocycles. The monoisotopic (exact) mass is 418 g/mol. The highest BCUT2D eigenvalue weighted by Crippen LogP contribution is 2.29. The molecule has 1 aliphatic carbocycles. The van der Waals surface area contributed by atoms with Gasteiger partial charge in [0.05, 0.1) is 6.04 Å². The minimum Gasteiger partial charge on any atom is -0.308 e. The van der Waals surface area contributed by atoms with Gasteiger partial charge in [0.2, 0.25) is 5.91 Å². The van der Waals surface area contributed by atoms with Crippen molar-refractivity contribution < 1.29 is 4.79 Å². The Labute approximate surface area is 178 Å². The summed E-state index contributed by atoms with van der Waals surface area (Å²) in [5, 5.41) is 4.41. The number of hydrogen-bond donors (Lipinski definition) is 1. The van der Waals surface area contributed by atoms with Gasteiger partial charge >= 0.3 is 0 Å². The fourth-order valence-electron chi connectivity index (χ4n) is 4.00. The van der Waals surface area contributed by atoms with Gasteiger partial charge in [-0.25, -0.2) is 0 Å². The lowest BCUT2D eigenvalue weighted by Crippen LogP contribution is -2.52.